The van der Waals surface area contributed by atoms with E-state index in [0.717, 1.165) is 6.54 Å². The lowest BCUT2D eigenvalue weighted by Crippen LogP contribution is -2.52. The Morgan fingerprint density at radius 3 is 2.00 bits per heavy atom. The van der Waals surface area contributed by atoms with Crippen LogP contribution in [0.25, 0.3) is 0 Å². The first-order chi connectivity index (χ1) is 6.41. The number of quaternary nitrogens is 1. The summed E-state index contributed by atoms with van der Waals surface area (Å²) in [5, 5.41) is 0. The van der Waals surface area contributed by atoms with Crippen molar-refractivity contribution < 1.29 is 19.9 Å². The van der Waals surface area contributed by atoms with Crippen molar-refractivity contribution in [1.29, 1.82) is 0 Å². The first-order valence-corrected chi connectivity index (χ1v) is 4.37. The van der Waals surface area contributed by atoms with Gasteiger partial charge in [-0.1, -0.05) is 5.92 Å². The van der Waals surface area contributed by atoms with E-state index in [2.05, 4.69) is 11.7 Å². The van der Waals surface area contributed by atoms with Crippen LogP contribution in [0.5, 0.6) is 0 Å². The van der Waals surface area contributed by atoms with Crippen molar-refractivity contribution in [2.24, 2.45) is 0 Å². The van der Waals surface area contributed by atoms with E-state index in [4.69, 9.17) is 20.6 Å². The Balaban J connectivity index is 2.80. The minimum absolute atomic E-state index is 0.349. The Bertz CT molecular complexity index is 133. The molecule has 0 atom stereocenters. The average molecular weight is 188 g/mol. The van der Waals surface area contributed by atoms with E-state index in [1.165, 1.54) is 0 Å². The number of hydrogen-bond acceptors (Lipinski definition) is 3. The van der Waals surface area contributed by atoms with E-state index >= 15 is 0 Å². The summed E-state index contributed by atoms with van der Waals surface area (Å²) in [6, 6.07) is 0. The van der Waals surface area contributed by atoms with Gasteiger partial charge in [-0.05, 0) is 0 Å². The van der Waals surface area contributed by atoms with Crippen molar-refractivity contribution in [2.45, 2.75) is 0 Å². The minimum atomic E-state index is 0.349. The highest BCUT2D eigenvalue weighted by Gasteiger charge is 1.89. The molecule has 0 fully saturated rings. The topological polar surface area (TPSA) is 55.3 Å². The van der Waals surface area contributed by atoms with Crippen molar-refractivity contribution in [1.82, 2.24) is 0 Å². The summed E-state index contributed by atoms with van der Waals surface area (Å²) in [5.41, 5.74) is 3.65. The van der Waals surface area contributed by atoms with Crippen molar-refractivity contribution in [3.63, 3.8) is 0 Å². The Hall–Kier alpha value is -0.600. The SMILES string of the molecule is C#CCOCCOCCOCC[NH3+]. The lowest BCUT2D eigenvalue weighted by molar-refractivity contribution is -0.374. The van der Waals surface area contributed by atoms with Gasteiger partial charge in [0.05, 0.1) is 39.6 Å². The Morgan fingerprint density at radius 2 is 1.46 bits per heavy atom. The van der Waals surface area contributed by atoms with Crippen LogP contribution in [-0.4, -0.2) is 46.2 Å². The third kappa shape index (κ3) is 11.4. The number of rotatable bonds is 9. The molecule has 0 amide bonds. The van der Waals surface area contributed by atoms with Gasteiger partial charge in [-0.2, -0.15) is 0 Å². The molecular formula is C9H18NO3+. The molecule has 0 heterocycles. The van der Waals surface area contributed by atoms with Crippen molar-refractivity contribution >= 4 is 0 Å². The van der Waals surface area contributed by atoms with E-state index in [9.17, 15) is 0 Å². The van der Waals surface area contributed by atoms with E-state index < -0.39 is 0 Å². The smallest absolute Gasteiger partial charge is 0.107 e. The highest BCUT2D eigenvalue weighted by molar-refractivity contribution is 4.82. The summed E-state index contributed by atoms with van der Waals surface area (Å²) in [6.45, 7) is 4.16. The van der Waals surface area contributed by atoms with Crippen LogP contribution in [0.3, 0.4) is 0 Å². The van der Waals surface area contributed by atoms with E-state index in [1.807, 2.05) is 0 Å². The monoisotopic (exact) mass is 188 g/mol. The maximum absolute atomic E-state index is 5.19. The summed E-state index contributed by atoms with van der Waals surface area (Å²) in [6.07, 6.45) is 4.98. The highest BCUT2D eigenvalue weighted by atomic mass is 16.5. The van der Waals surface area contributed by atoms with Crippen LogP contribution in [-0.2, 0) is 14.2 Å². The summed E-state index contributed by atoms with van der Waals surface area (Å²) in [5.74, 6) is 2.38. The van der Waals surface area contributed by atoms with Crippen LogP contribution in [0.2, 0.25) is 0 Å². The number of terminal acetylenes is 1. The third-order valence-electron chi connectivity index (χ3n) is 1.22. The Kier molecular flexibility index (Phi) is 10.9. The maximum Gasteiger partial charge on any atom is 0.107 e. The molecule has 0 aromatic rings. The van der Waals surface area contributed by atoms with Crippen LogP contribution in [0.15, 0.2) is 0 Å². The Labute approximate surface area is 79.3 Å². The molecule has 0 aromatic heterocycles. The molecule has 76 valence electrons. The molecule has 0 saturated carbocycles. The molecule has 0 unspecified atom stereocenters. The van der Waals surface area contributed by atoms with Gasteiger partial charge in [-0.25, -0.2) is 0 Å². The van der Waals surface area contributed by atoms with Gasteiger partial charge in [0, 0.05) is 0 Å². The van der Waals surface area contributed by atoms with E-state index in [0.29, 0.717) is 39.6 Å². The molecule has 0 rings (SSSR count). The second-order valence-corrected chi connectivity index (χ2v) is 2.34. The standard InChI is InChI=1S/C9H17NO3/c1-2-4-11-6-8-13-9-7-12-5-3-10/h1H,3-10H2/p+1. The molecule has 4 nitrogen and oxygen atoms in total. The van der Waals surface area contributed by atoms with Gasteiger partial charge in [-0.3, -0.25) is 0 Å². The molecule has 0 aromatic carbocycles. The summed E-state index contributed by atoms with van der Waals surface area (Å²) in [4.78, 5) is 0. The fourth-order valence-electron chi connectivity index (χ4n) is 0.673. The first-order valence-electron chi connectivity index (χ1n) is 4.37. The van der Waals surface area contributed by atoms with E-state index in [-0.39, 0.29) is 0 Å². The molecule has 0 spiro atoms. The molecule has 0 saturated heterocycles. The largest absolute Gasteiger partial charge is 0.377 e. The third-order valence-corrected chi connectivity index (χ3v) is 1.22. The summed E-state index contributed by atoms with van der Waals surface area (Å²) in [7, 11) is 0. The first kappa shape index (κ1) is 12.4. The van der Waals surface area contributed by atoms with Gasteiger partial charge in [0.2, 0.25) is 0 Å². The number of hydrogen-bond donors (Lipinski definition) is 1. The predicted octanol–water partition coefficient (Wildman–Crippen LogP) is -1.09. The fraction of sp³-hybridized carbons (Fsp3) is 0.778. The Morgan fingerprint density at radius 1 is 0.923 bits per heavy atom. The van der Waals surface area contributed by atoms with Gasteiger partial charge in [0.15, 0.2) is 0 Å². The molecule has 0 aliphatic rings. The minimum Gasteiger partial charge on any atom is -0.377 e. The fourth-order valence-corrected chi connectivity index (χ4v) is 0.673. The molecule has 0 radical (unpaired) electrons. The van der Waals surface area contributed by atoms with Crippen LogP contribution in [0, 0.1) is 12.3 Å². The second-order valence-electron chi connectivity index (χ2n) is 2.34. The maximum atomic E-state index is 5.19. The van der Waals surface area contributed by atoms with Crippen LogP contribution < -0.4 is 5.73 Å². The number of ether oxygens (including phenoxy) is 3. The van der Waals surface area contributed by atoms with Crippen LogP contribution >= 0.6 is 0 Å². The molecule has 0 aliphatic carbocycles. The molecular weight excluding hydrogens is 170 g/mol. The van der Waals surface area contributed by atoms with Crippen molar-refractivity contribution in [3.8, 4) is 12.3 Å². The molecule has 0 bridgehead atoms. The van der Waals surface area contributed by atoms with Crippen molar-refractivity contribution in [3.05, 3.63) is 0 Å². The van der Waals surface area contributed by atoms with Gasteiger partial charge < -0.3 is 19.9 Å². The zero-order valence-corrected chi connectivity index (χ0v) is 7.96. The molecule has 13 heavy (non-hydrogen) atoms. The summed E-state index contributed by atoms with van der Waals surface area (Å²) >= 11 is 0. The summed E-state index contributed by atoms with van der Waals surface area (Å²) < 4.78 is 15.3. The van der Waals surface area contributed by atoms with Gasteiger partial charge >= 0.3 is 0 Å². The average Bonchev–Trinajstić information content (AvgIpc) is 2.16. The van der Waals surface area contributed by atoms with Crippen LogP contribution in [0.4, 0.5) is 0 Å². The zero-order valence-electron chi connectivity index (χ0n) is 7.96. The van der Waals surface area contributed by atoms with Gasteiger partial charge in [0.25, 0.3) is 0 Å². The van der Waals surface area contributed by atoms with Gasteiger partial charge in [0.1, 0.15) is 6.61 Å². The molecule has 0 aliphatic heterocycles. The van der Waals surface area contributed by atoms with Crippen molar-refractivity contribution in [2.75, 3.05) is 46.2 Å². The predicted molar refractivity (Wildman–Crippen MR) is 49.0 cm³/mol. The second kappa shape index (κ2) is 11.4. The normalized spacial score (nSPS) is 9.85. The molecule has 4 heteroatoms. The highest BCUT2D eigenvalue weighted by Crippen LogP contribution is 1.79. The lowest BCUT2D eigenvalue weighted by atomic mass is 10.7. The van der Waals surface area contributed by atoms with Gasteiger partial charge in [-0.15, -0.1) is 6.42 Å². The lowest BCUT2D eigenvalue weighted by Gasteiger charge is -2.03. The zero-order chi connectivity index (χ0) is 9.78. The quantitative estimate of drug-likeness (QED) is 0.369. The van der Waals surface area contributed by atoms with Crippen LogP contribution in [0.1, 0.15) is 0 Å². The molecule has 3 N–H and O–H groups in total. The van der Waals surface area contributed by atoms with E-state index in [1.54, 1.807) is 0 Å².